The highest BCUT2D eigenvalue weighted by atomic mass is 16.5. The second-order valence-corrected chi connectivity index (χ2v) is 2.26. The summed E-state index contributed by atoms with van der Waals surface area (Å²) in [6.45, 7) is 0.978. The van der Waals surface area contributed by atoms with E-state index in [4.69, 9.17) is 10.5 Å². The molecule has 1 atom stereocenters. The molecule has 1 aliphatic rings. The third kappa shape index (κ3) is 3.04. The molecule has 4 heteroatoms. The zero-order chi connectivity index (χ0) is 8.10. The molecule has 0 aromatic carbocycles. The Morgan fingerprint density at radius 3 is 3.18 bits per heavy atom. The minimum atomic E-state index is -0.730. The Morgan fingerprint density at radius 2 is 2.64 bits per heavy atom. The lowest BCUT2D eigenvalue weighted by Gasteiger charge is -2.06. The number of rotatable bonds is 3. The standard InChI is InChI=1S/C7H11NO3/c8-7(9)11-5-3-6-2-1-4-10-6/h1-2,6H,3-5H2,(H2,8,9). The Kier molecular flexibility index (Phi) is 2.92. The predicted molar refractivity (Wildman–Crippen MR) is 39.0 cm³/mol. The number of ether oxygens (including phenoxy) is 2. The molecular formula is C7H11NO3. The van der Waals surface area contributed by atoms with Crippen LogP contribution >= 0.6 is 0 Å². The van der Waals surface area contributed by atoms with E-state index in [1.165, 1.54) is 0 Å². The van der Waals surface area contributed by atoms with Gasteiger partial charge in [0.2, 0.25) is 0 Å². The van der Waals surface area contributed by atoms with Crippen LogP contribution in [-0.2, 0) is 9.47 Å². The molecule has 1 amide bonds. The molecule has 0 spiro atoms. The number of nitrogens with two attached hydrogens (primary N) is 1. The summed E-state index contributed by atoms with van der Waals surface area (Å²) in [5, 5.41) is 0. The topological polar surface area (TPSA) is 61.6 Å². The fourth-order valence-electron chi connectivity index (χ4n) is 0.897. The Hall–Kier alpha value is -1.03. The number of primary amides is 1. The molecule has 0 aromatic rings. The van der Waals surface area contributed by atoms with Gasteiger partial charge >= 0.3 is 6.09 Å². The van der Waals surface area contributed by atoms with Crippen LogP contribution in [-0.4, -0.2) is 25.4 Å². The maximum absolute atomic E-state index is 10.1. The largest absolute Gasteiger partial charge is 0.450 e. The predicted octanol–water partition coefficient (Wildman–Crippen LogP) is 0.427. The van der Waals surface area contributed by atoms with E-state index in [0.717, 1.165) is 0 Å². The quantitative estimate of drug-likeness (QED) is 0.604. The average molecular weight is 157 g/mol. The third-order valence-electron chi connectivity index (χ3n) is 1.40. The fraction of sp³-hybridized carbons (Fsp3) is 0.571. The number of hydrogen-bond donors (Lipinski definition) is 1. The van der Waals surface area contributed by atoms with Crippen LogP contribution in [0.3, 0.4) is 0 Å². The Labute approximate surface area is 65.0 Å². The van der Waals surface area contributed by atoms with Crippen LogP contribution in [0.25, 0.3) is 0 Å². The molecule has 4 nitrogen and oxygen atoms in total. The molecular weight excluding hydrogens is 146 g/mol. The van der Waals surface area contributed by atoms with Gasteiger partial charge in [-0.3, -0.25) is 0 Å². The Balaban J connectivity index is 2.03. The van der Waals surface area contributed by atoms with Crippen LogP contribution in [0.2, 0.25) is 0 Å². The smallest absolute Gasteiger partial charge is 0.404 e. The van der Waals surface area contributed by atoms with E-state index in [-0.39, 0.29) is 6.10 Å². The first kappa shape index (κ1) is 8.07. The van der Waals surface area contributed by atoms with Crippen LogP contribution in [0.4, 0.5) is 4.79 Å². The number of carbonyl (C=O) groups is 1. The highest BCUT2D eigenvalue weighted by Gasteiger charge is 2.09. The molecule has 0 radical (unpaired) electrons. The van der Waals surface area contributed by atoms with Gasteiger partial charge in [0.1, 0.15) is 0 Å². The lowest BCUT2D eigenvalue weighted by atomic mass is 10.3. The van der Waals surface area contributed by atoms with Crippen LogP contribution in [0, 0.1) is 0 Å². The normalized spacial score (nSPS) is 22.0. The SMILES string of the molecule is NC(=O)OCCC1C=CCO1. The third-order valence-corrected chi connectivity index (χ3v) is 1.40. The van der Waals surface area contributed by atoms with Gasteiger partial charge in [0.15, 0.2) is 0 Å². The van der Waals surface area contributed by atoms with E-state index in [1.54, 1.807) is 0 Å². The maximum atomic E-state index is 10.1. The molecule has 1 unspecified atom stereocenters. The highest BCUT2D eigenvalue weighted by Crippen LogP contribution is 2.06. The van der Waals surface area contributed by atoms with Crippen molar-refractivity contribution >= 4 is 6.09 Å². The number of carbonyl (C=O) groups excluding carboxylic acids is 1. The maximum Gasteiger partial charge on any atom is 0.404 e. The van der Waals surface area contributed by atoms with Crippen molar-refractivity contribution in [2.24, 2.45) is 5.73 Å². The van der Waals surface area contributed by atoms with E-state index in [9.17, 15) is 4.79 Å². The Morgan fingerprint density at radius 1 is 1.82 bits per heavy atom. The van der Waals surface area contributed by atoms with Gasteiger partial charge < -0.3 is 15.2 Å². The van der Waals surface area contributed by atoms with Crippen LogP contribution in [0.1, 0.15) is 6.42 Å². The van der Waals surface area contributed by atoms with Crippen molar-refractivity contribution in [3.05, 3.63) is 12.2 Å². The second kappa shape index (κ2) is 3.98. The van der Waals surface area contributed by atoms with Crippen molar-refractivity contribution in [3.63, 3.8) is 0 Å². The number of amides is 1. The molecule has 0 saturated heterocycles. The monoisotopic (exact) mass is 157 g/mol. The van der Waals surface area contributed by atoms with E-state index < -0.39 is 6.09 Å². The van der Waals surface area contributed by atoms with Crippen molar-refractivity contribution in [2.75, 3.05) is 13.2 Å². The van der Waals surface area contributed by atoms with Gasteiger partial charge in [-0.05, 0) is 0 Å². The highest BCUT2D eigenvalue weighted by molar-refractivity contribution is 5.64. The summed E-state index contributed by atoms with van der Waals surface area (Å²) < 4.78 is 9.72. The summed E-state index contributed by atoms with van der Waals surface area (Å²) in [7, 11) is 0. The molecule has 0 bridgehead atoms. The molecule has 0 fully saturated rings. The molecule has 1 heterocycles. The van der Waals surface area contributed by atoms with Crippen LogP contribution < -0.4 is 5.73 Å². The lowest BCUT2D eigenvalue weighted by Crippen LogP contribution is -2.16. The zero-order valence-corrected chi connectivity index (χ0v) is 6.16. The average Bonchev–Trinajstić information content (AvgIpc) is 2.39. The van der Waals surface area contributed by atoms with Gasteiger partial charge in [-0.25, -0.2) is 4.79 Å². The van der Waals surface area contributed by atoms with Crippen molar-refractivity contribution in [2.45, 2.75) is 12.5 Å². The molecule has 0 saturated carbocycles. The van der Waals surface area contributed by atoms with Gasteiger partial charge in [-0.15, -0.1) is 0 Å². The summed E-state index contributed by atoms with van der Waals surface area (Å²) >= 11 is 0. The van der Waals surface area contributed by atoms with Crippen molar-refractivity contribution in [1.29, 1.82) is 0 Å². The fourth-order valence-corrected chi connectivity index (χ4v) is 0.897. The van der Waals surface area contributed by atoms with Crippen molar-refractivity contribution in [1.82, 2.24) is 0 Å². The minimum Gasteiger partial charge on any atom is -0.450 e. The summed E-state index contributed by atoms with van der Waals surface area (Å²) in [6, 6.07) is 0. The van der Waals surface area contributed by atoms with E-state index in [0.29, 0.717) is 19.6 Å². The van der Waals surface area contributed by atoms with E-state index in [2.05, 4.69) is 4.74 Å². The molecule has 2 N–H and O–H groups in total. The molecule has 1 aliphatic heterocycles. The molecule has 62 valence electrons. The summed E-state index contributed by atoms with van der Waals surface area (Å²) in [4.78, 5) is 10.1. The lowest BCUT2D eigenvalue weighted by molar-refractivity contribution is 0.0921. The van der Waals surface area contributed by atoms with Gasteiger partial charge in [-0.2, -0.15) is 0 Å². The molecule has 0 aromatic heterocycles. The van der Waals surface area contributed by atoms with Crippen LogP contribution in [0.5, 0.6) is 0 Å². The number of hydrogen-bond acceptors (Lipinski definition) is 3. The van der Waals surface area contributed by atoms with Gasteiger partial charge in [0.05, 0.1) is 19.3 Å². The molecule has 1 rings (SSSR count). The first-order valence-electron chi connectivity index (χ1n) is 3.49. The molecule has 0 aliphatic carbocycles. The van der Waals surface area contributed by atoms with E-state index in [1.807, 2.05) is 12.2 Å². The first-order chi connectivity index (χ1) is 5.29. The summed E-state index contributed by atoms with van der Waals surface area (Å²) in [5.74, 6) is 0. The van der Waals surface area contributed by atoms with Crippen LogP contribution in [0.15, 0.2) is 12.2 Å². The minimum absolute atomic E-state index is 0.0920. The first-order valence-corrected chi connectivity index (χ1v) is 3.49. The van der Waals surface area contributed by atoms with Crippen molar-refractivity contribution < 1.29 is 14.3 Å². The van der Waals surface area contributed by atoms with Gasteiger partial charge in [-0.1, -0.05) is 12.2 Å². The van der Waals surface area contributed by atoms with Gasteiger partial charge in [0, 0.05) is 6.42 Å². The second-order valence-electron chi connectivity index (χ2n) is 2.26. The Bertz CT molecular complexity index is 167. The van der Waals surface area contributed by atoms with E-state index >= 15 is 0 Å². The zero-order valence-electron chi connectivity index (χ0n) is 6.16. The van der Waals surface area contributed by atoms with Crippen molar-refractivity contribution in [3.8, 4) is 0 Å². The summed E-state index contributed by atoms with van der Waals surface area (Å²) in [6.07, 6.45) is 3.93. The van der Waals surface area contributed by atoms with Gasteiger partial charge in [0.25, 0.3) is 0 Å². The molecule has 11 heavy (non-hydrogen) atoms. The summed E-state index contributed by atoms with van der Waals surface area (Å²) in [5.41, 5.74) is 4.76.